The van der Waals surface area contributed by atoms with Crippen molar-refractivity contribution in [3.63, 3.8) is 0 Å². The number of fused-ring (bicyclic) bond motifs is 1. The van der Waals surface area contributed by atoms with Crippen LogP contribution in [0.1, 0.15) is 62.5 Å². The smallest absolute Gasteiger partial charge is 0.305 e. The van der Waals surface area contributed by atoms with E-state index in [0.29, 0.717) is 32.4 Å². The fourth-order valence-corrected chi connectivity index (χ4v) is 5.20. The number of carbonyl (C=O) groups excluding carboxylic acids is 3. The zero-order chi connectivity index (χ0) is 25.9. The van der Waals surface area contributed by atoms with Gasteiger partial charge < -0.3 is 19.6 Å². The van der Waals surface area contributed by atoms with Crippen LogP contribution in [0.2, 0.25) is 0 Å². The largest absolute Gasteiger partial charge is 0.463 e. The summed E-state index contributed by atoms with van der Waals surface area (Å²) in [7, 11) is 0. The number of amides is 2. The van der Waals surface area contributed by atoms with Crippen LogP contribution in [0.3, 0.4) is 0 Å². The highest BCUT2D eigenvalue weighted by Crippen LogP contribution is 2.27. The normalized spacial score (nSPS) is 19.9. The molecule has 2 aliphatic rings. The van der Waals surface area contributed by atoms with Gasteiger partial charge in [0.15, 0.2) is 0 Å². The Morgan fingerprint density at radius 2 is 1.86 bits per heavy atom. The van der Waals surface area contributed by atoms with Crippen molar-refractivity contribution in [1.82, 2.24) is 9.80 Å². The fraction of sp³-hybridized carbons (Fsp3) is 0.552. The molecule has 3 atom stereocenters. The highest BCUT2D eigenvalue weighted by molar-refractivity contribution is 5.86. The Morgan fingerprint density at radius 3 is 2.58 bits per heavy atom. The van der Waals surface area contributed by atoms with Crippen LogP contribution in [0.4, 0.5) is 0 Å². The first-order valence-corrected chi connectivity index (χ1v) is 13.1. The molecular formula is C29H40N2O5. The third-order valence-corrected chi connectivity index (χ3v) is 7.24. The Bertz CT molecular complexity index is 930. The summed E-state index contributed by atoms with van der Waals surface area (Å²) in [5.74, 6) is -0.991. The number of carbonyl (C=O) groups is 3. The van der Waals surface area contributed by atoms with Gasteiger partial charge >= 0.3 is 5.97 Å². The first-order chi connectivity index (χ1) is 17.5. The quantitative estimate of drug-likeness (QED) is 0.255. The Labute approximate surface area is 214 Å². The van der Waals surface area contributed by atoms with Crippen LogP contribution < -0.4 is 0 Å². The predicted molar refractivity (Wildman–Crippen MR) is 139 cm³/mol. The van der Waals surface area contributed by atoms with Gasteiger partial charge in [0, 0.05) is 25.9 Å². The van der Waals surface area contributed by atoms with Gasteiger partial charge in [-0.2, -0.15) is 0 Å². The Hall–Kier alpha value is -2.93. The van der Waals surface area contributed by atoms with Crippen LogP contribution in [0, 0.1) is 5.92 Å². The molecular weight excluding hydrogens is 456 g/mol. The van der Waals surface area contributed by atoms with Crippen molar-refractivity contribution in [2.24, 2.45) is 5.92 Å². The SMILES string of the molecule is C=CCCCCC(=O)OCC1CCCN1C(=O)C(CC=C)CC(=O)N1Cc2ccccc2CC1CO. The molecule has 1 aromatic carbocycles. The minimum atomic E-state index is -0.526. The van der Waals surface area contributed by atoms with Crippen molar-refractivity contribution < 1.29 is 24.2 Å². The number of ether oxygens (including phenoxy) is 1. The number of hydrogen-bond acceptors (Lipinski definition) is 5. The molecule has 3 unspecified atom stereocenters. The number of allylic oxidation sites excluding steroid dienone is 2. The number of rotatable bonds is 13. The Kier molecular flexibility index (Phi) is 10.7. The fourth-order valence-electron chi connectivity index (χ4n) is 5.20. The monoisotopic (exact) mass is 496 g/mol. The second kappa shape index (κ2) is 14.0. The number of benzene rings is 1. The van der Waals surface area contributed by atoms with E-state index in [1.54, 1.807) is 15.9 Å². The first-order valence-electron chi connectivity index (χ1n) is 13.1. The number of aliphatic hydroxyl groups excluding tert-OH is 1. The zero-order valence-electron chi connectivity index (χ0n) is 21.3. The summed E-state index contributed by atoms with van der Waals surface area (Å²) in [6.45, 7) is 8.59. The minimum absolute atomic E-state index is 0.0653. The van der Waals surface area contributed by atoms with Crippen LogP contribution >= 0.6 is 0 Å². The van der Waals surface area contributed by atoms with E-state index in [1.165, 1.54) is 0 Å². The van der Waals surface area contributed by atoms with E-state index in [9.17, 15) is 19.5 Å². The van der Waals surface area contributed by atoms with Gasteiger partial charge in [-0.25, -0.2) is 0 Å². The van der Waals surface area contributed by atoms with Crippen LogP contribution in [0.5, 0.6) is 0 Å². The van der Waals surface area contributed by atoms with Crippen LogP contribution in [-0.2, 0) is 32.1 Å². The standard InChI is InChI=1S/C29H40N2O5/c1-3-5-6-7-15-28(34)36-21-25-14-10-16-30(25)29(35)23(11-4-2)18-27(33)31-19-24-13-9-8-12-22(24)17-26(31)20-32/h3-4,8-9,12-13,23,25-26,32H,1-2,5-7,10-11,14-21H2. The second-order valence-electron chi connectivity index (χ2n) is 9.80. The summed E-state index contributed by atoms with van der Waals surface area (Å²) >= 11 is 0. The Morgan fingerprint density at radius 1 is 1.08 bits per heavy atom. The number of hydrogen-bond donors (Lipinski definition) is 1. The third-order valence-electron chi connectivity index (χ3n) is 7.24. The van der Waals surface area contributed by atoms with Crippen LogP contribution in [0.15, 0.2) is 49.6 Å². The molecule has 1 fully saturated rings. The molecule has 36 heavy (non-hydrogen) atoms. The highest BCUT2D eigenvalue weighted by atomic mass is 16.5. The second-order valence-corrected chi connectivity index (χ2v) is 9.80. The van der Waals surface area contributed by atoms with Crippen LogP contribution in [-0.4, -0.2) is 64.5 Å². The van der Waals surface area contributed by atoms with E-state index < -0.39 is 5.92 Å². The lowest BCUT2D eigenvalue weighted by molar-refractivity contribution is -0.149. The summed E-state index contributed by atoms with van der Waals surface area (Å²) in [5, 5.41) is 9.94. The maximum atomic E-state index is 13.5. The lowest BCUT2D eigenvalue weighted by atomic mass is 9.92. The molecule has 196 valence electrons. The van der Waals surface area contributed by atoms with Crippen LogP contribution in [0.25, 0.3) is 0 Å². The molecule has 0 spiro atoms. The lowest BCUT2D eigenvalue weighted by Crippen LogP contribution is -2.48. The van der Waals surface area contributed by atoms with Gasteiger partial charge in [-0.1, -0.05) is 36.4 Å². The molecule has 0 saturated carbocycles. The molecule has 0 aromatic heterocycles. The van der Waals surface area contributed by atoms with Crippen molar-refractivity contribution >= 4 is 17.8 Å². The maximum Gasteiger partial charge on any atom is 0.305 e. The molecule has 1 N–H and O–H groups in total. The molecule has 0 radical (unpaired) electrons. The Balaban J connectivity index is 1.59. The first kappa shape index (κ1) is 27.7. The van der Waals surface area contributed by atoms with E-state index in [2.05, 4.69) is 13.2 Å². The number of nitrogens with zero attached hydrogens (tertiary/aromatic N) is 2. The van der Waals surface area contributed by atoms with Gasteiger partial charge in [-0.3, -0.25) is 14.4 Å². The molecule has 0 aliphatic carbocycles. The molecule has 2 heterocycles. The van der Waals surface area contributed by atoms with E-state index in [4.69, 9.17) is 4.74 Å². The van der Waals surface area contributed by atoms with E-state index in [1.807, 2.05) is 30.3 Å². The zero-order valence-corrected chi connectivity index (χ0v) is 21.3. The molecule has 1 saturated heterocycles. The molecule has 2 amide bonds. The summed E-state index contributed by atoms with van der Waals surface area (Å²) in [4.78, 5) is 42.5. The van der Waals surface area contributed by atoms with E-state index in [-0.39, 0.29) is 49.5 Å². The summed E-state index contributed by atoms with van der Waals surface area (Å²) < 4.78 is 5.48. The maximum absolute atomic E-state index is 13.5. The molecule has 1 aromatic rings. The molecule has 0 bridgehead atoms. The lowest BCUT2D eigenvalue weighted by Gasteiger charge is -2.37. The highest BCUT2D eigenvalue weighted by Gasteiger charge is 2.36. The molecule has 7 heteroatoms. The number of aliphatic hydroxyl groups is 1. The van der Waals surface area contributed by atoms with Crippen molar-refractivity contribution in [3.05, 3.63) is 60.7 Å². The topological polar surface area (TPSA) is 87.2 Å². The van der Waals surface area contributed by atoms with E-state index >= 15 is 0 Å². The number of esters is 1. The van der Waals surface area contributed by atoms with E-state index in [0.717, 1.165) is 43.2 Å². The van der Waals surface area contributed by atoms with Gasteiger partial charge in [0.1, 0.15) is 6.61 Å². The van der Waals surface area contributed by atoms with Gasteiger partial charge in [-0.15, -0.1) is 13.2 Å². The molecule has 7 nitrogen and oxygen atoms in total. The summed E-state index contributed by atoms with van der Waals surface area (Å²) in [6, 6.07) is 7.50. The van der Waals surface area contributed by atoms with Gasteiger partial charge in [0.05, 0.1) is 24.6 Å². The average Bonchev–Trinajstić information content (AvgIpc) is 3.37. The molecule has 2 aliphatic heterocycles. The van der Waals surface area contributed by atoms with Crippen molar-refractivity contribution in [3.8, 4) is 0 Å². The summed E-state index contributed by atoms with van der Waals surface area (Å²) in [6.07, 6.45) is 9.12. The van der Waals surface area contributed by atoms with Gasteiger partial charge in [0.2, 0.25) is 11.8 Å². The van der Waals surface area contributed by atoms with Crippen molar-refractivity contribution in [2.75, 3.05) is 19.8 Å². The third kappa shape index (κ3) is 7.29. The molecule has 3 rings (SSSR count). The van der Waals surface area contributed by atoms with Crippen molar-refractivity contribution in [2.45, 2.75) is 76.4 Å². The predicted octanol–water partition coefficient (Wildman–Crippen LogP) is 3.80. The average molecular weight is 497 g/mol. The minimum Gasteiger partial charge on any atom is -0.463 e. The number of unbranched alkanes of at least 4 members (excludes halogenated alkanes) is 2. The van der Waals surface area contributed by atoms with Gasteiger partial charge in [-0.05, 0) is 56.1 Å². The number of likely N-dealkylation sites (tertiary alicyclic amines) is 1. The van der Waals surface area contributed by atoms with Gasteiger partial charge in [0.25, 0.3) is 0 Å². The summed E-state index contributed by atoms with van der Waals surface area (Å²) in [5.41, 5.74) is 2.22. The van der Waals surface area contributed by atoms with Crippen molar-refractivity contribution in [1.29, 1.82) is 0 Å².